The largest absolute Gasteiger partial charge is 0.495 e. The van der Waals surface area contributed by atoms with E-state index in [1.165, 1.54) is 26.4 Å². The highest BCUT2D eigenvalue weighted by Gasteiger charge is 2.22. The number of halogens is 1. The lowest BCUT2D eigenvalue weighted by Crippen LogP contribution is -2.14. The predicted molar refractivity (Wildman–Crippen MR) is 109 cm³/mol. The predicted octanol–water partition coefficient (Wildman–Crippen LogP) is 4.14. The zero-order valence-electron chi connectivity index (χ0n) is 15.3. The Morgan fingerprint density at radius 1 is 0.929 bits per heavy atom. The highest BCUT2D eigenvalue weighted by Crippen LogP contribution is 2.35. The Morgan fingerprint density at radius 2 is 1.54 bits per heavy atom. The van der Waals surface area contributed by atoms with E-state index in [0.29, 0.717) is 5.69 Å². The zero-order valence-corrected chi connectivity index (χ0v) is 16.9. The molecule has 0 amide bonds. The van der Waals surface area contributed by atoms with Crippen molar-refractivity contribution in [2.45, 2.75) is 11.3 Å². The molecule has 0 spiro atoms. The molecule has 2 aromatic carbocycles. The van der Waals surface area contributed by atoms with Crippen LogP contribution in [0.1, 0.15) is 11.1 Å². The summed E-state index contributed by atoms with van der Waals surface area (Å²) in [6.45, 7) is 0. The van der Waals surface area contributed by atoms with Gasteiger partial charge in [0.2, 0.25) is 0 Å². The van der Waals surface area contributed by atoms with E-state index in [2.05, 4.69) is 9.71 Å². The van der Waals surface area contributed by atoms with Gasteiger partial charge in [-0.3, -0.25) is 9.71 Å². The average Bonchev–Trinajstić information content (AvgIpc) is 2.69. The summed E-state index contributed by atoms with van der Waals surface area (Å²) in [7, 11) is -1.10. The third-order valence-corrected chi connectivity index (χ3v) is 5.79. The highest BCUT2D eigenvalue weighted by molar-refractivity contribution is 7.92. The van der Waals surface area contributed by atoms with Crippen LogP contribution in [0.3, 0.4) is 0 Å². The Bertz CT molecular complexity index is 1060. The molecular weight excluding hydrogens is 400 g/mol. The normalized spacial score (nSPS) is 11.1. The standard InChI is InChI=1S/C20H19ClN2O4S/c1-26-18-13-20(19(27-2)12-17(18)21)28(24,25)23-16-5-3-14(4-6-16)11-15-7-9-22-10-8-15/h3-10,12-13,23H,11H2,1-2H3. The summed E-state index contributed by atoms with van der Waals surface area (Å²) in [4.78, 5) is 3.94. The van der Waals surface area contributed by atoms with Gasteiger partial charge in [-0.05, 0) is 41.8 Å². The van der Waals surface area contributed by atoms with E-state index in [9.17, 15) is 8.42 Å². The van der Waals surface area contributed by atoms with Crippen molar-refractivity contribution < 1.29 is 17.9 Å². The molecule has 8 heteroatoms. The Hall–Kier alpha value is -2.77. The van der Waals surface area contributed by atoms with Gasteiger partial charge in [0, 0.05) is 30.2 Å². The Labute approximate surface area is 169 Å². The van der Waals surface area contributed by atoms with Crippen LogP contribution >= 0.6 is 11.6 Å². The van der Waals surface area contributed by atoms with E-state index in [1.54, 1.807) is 24.5 Å². The quantitative estimate of drug-likeness (QED) is 0.623. The minimum Gasteiger partial charge on any atom is -0.495 e. The lowest BCUT2D eigenvalue weighted by molar-refractivity contribution is 0.392. The molecule has 0 saturated heterocycles. The van der Waals surface area contributed by atoms with Crippen LogP contribution < -0.4 is 14.2 Å². The molecule has 0 fully saturated rings. The van der Waals surface area contributed by atoms with Crippen LogP contribution in [-0.2, 0) is 16.4 Å². The topological polar surface area (TPSA) is 77.5 Å². The van der Waals surface area contributed by atoms with Crippen molar-refractivity contribution in [2.24, 2.45) is 0 Å². The van der Waals surface area contributed by atoms with Crippen molar-refractivity contribution in [1.29, 1.82) is 0 Å². The Morgan fingerprint density at radius 3 is 2.14 bits per heavy atom. The third kappa shape index (κ3) is 4.55. The van der Waals surface area contributed by atoms with Gasteiger partial charge in [-0.1, -0.05) is 23.7 Å². The molecule has 0 unspecified atom stereocenters. The molecule has 6 nitrogen and oxygen atoms in total. The Kier molecular flexibility index (Phi) is 6.06. The number of rotatable bonds is 7. The number of benzene rings is 2. The lowest BCUT2D eigenvalue weighted by Gasteiger charge is -2.14. The molecular formula is C20H19ClN2O4S. The number of hydrogen-bond acceptors (Lipinski definition) is 5. The van der Waals surface area contributed by atoms with E-state index in [4.69, 9.17) is 21.1 Å². The second kappa shape index (κ2) is 8.50. The van der Waals surface area contributed by atoms with Crippen molar-refractivity contribution in [3.63, 3.8) is 0 Å². The number of ether oxygens (including phenoxy) is 2. The van der Waals surface area contributed by atoms with Crippen molar-refractivity contribution in [1.82, 2.24) is 4.98 Å². The molecule has 0 aliphatic rings. The van der Waals surface area contributed by atoms with Crippen molar-refractivity contribution in [3.05, 3.63) is 77.1 Å². The number of pyridine rings is 1. The summed E-state index contributed by atoms with van der Waals surface area (Å²) in [6, 6.07) is 13.8. The monoisotopic (exact) mass is 418 g/mol. The first kappa shape index (κ1) is 20.0. The fourth-order valence-corrected chi connectivity index (χ4v) is 4.14. The van der Waals surface area contributed by atoms with Gasteiger partial charge in [0.1, 0.15) is 16.4 Å². The highest BCUT2D eigenvalue weighted by atomic mass is 35.5. The number of nitrogens with one attached hydrogen (secondary N) is 1. The summed E-state index contributed by atoms with van der Waals surface area (Å²) in [5.74, 6) is 0.378. The number of nitrogens with zero attached hydrogens (tertiary/aromatic N) is 1. The average molecular weight is 419 g/mol. The second-order valence-corrected chi connectivity index (χ2v) is 8.03. The minimum atomic E-state index is -3.90. The van der Waals surface area contributed by atoms with E-state index >= 15 is 0 Å². The van der Waals surface area contributed by atoms with Gasteiger partial charge in [0.25, 0.3) is 10.0 Å². The smallest absolute Gasteiger partial charge is 0.265 e. The number of anilines is 1. The van der Waals surface area contributed by atoms with Crippen LogP contribution in [-0.4, -0.2) is 27.6 Å². The fourth-order valence-electron chi connectivity index (χ4n) is 2.68. The molecule has 3 rings (SSSR count). The maximum Gasteiger partial charge on any atom is 0.265 e. The molecule has 3 aromatic rings. The maximum absolute atomic E-state index is 12.8. The molecule has 0 aliphatic carbocycles. The van der Waals surface area contributed by atoms with E-state index in [0.717, 1.165) is 17.5 Å². The molecule has 0 bridgehead atoms. The molecule has 0 saturated carbocycles. The second-order valence-electron chi connectivity index (χ2n) is 5.97. The molecule has 28 heavy (non-hydrogen) atoms. The minimum absolute atomic E-state index is 0.0582. The summed E-state index contributed by atoms with van der Waals surface area (Å²) in [5.41, 5.74) is 2.62. The van der Waals surface area contributed by atoms with Crippen molar-refractivity contribution in [3.8, 4) is 11.5 Å². The van der Waals surface area contributed by atoms with Gasteiger partial charge in [-0.2, -0.15) is 0 Å². The molecule has 0 aliphatic heterocycles. The van der Waals surface area contributed by atoms with Gasteiger partial charge >= 0.3 is 0 Å². The maximum atomic E-state index is 12.8. The number of methoxy groups -OCH3 is 2. The molecule has 1 aromatic heterocycles. The first-order valence-electron chi connectivity index (χ1n) is 8.35. The van der Waals surface area contributed by atoms with E-state index in [1.807, 2.05) is 24.3 Å². The van der Waals surface area contributed by atoms with E-state index < -0.39 is 10.0 Å². The summed E-state index contributed by atoms with van der Waals surface area (Å²) in [6.07, 6.45) is 4.22. The van der Waals surface area contributed by atoms with Crippen LogP contribution in [0.4, 0.5) is 5.69 Å². The molecule has 1 N–H and O–H groups in total. The van der Waals surface area contributed by atoms with Gasteiger partial charge in [-0.25, -0.2) is 8.42 Å². The molecule has 1 heterocycles. The number of aromatic nitrogens is 1. The molecule has 0 radical (unpaired) electrons. The fraction of sp³-hybridized carbons (Fsp3) is 0.150. The summed E-state index contributed by atoms with van der Waals surface area (Å²) < 4.78 is 38.5. The van der Waals surface area contributed by atoms with Crippen LogP contribution in [0.25, 0.3) is 0 Å². The van der Waals surface area contributed by atoms with Gasteiger partial charge < -0.3 is 9.47 Å². The number of hydrogen-bond donors (Lipinski definition) is 1. The van der Waals surface area contributed by atoms with E-state index in [-0.39, 0.29) is 21.4 Å². The van der Waals surface area contributed by atoms with Crippen LogP contribution in [0.5, 0.6) is 11.5 Å². The Balaban J connectivity index is 1.83. The van der Waals surface area contributed by atoms with Gasteiger partial charge in [0.15, 0.2) is 0 Å². The van der Waals surface area contributed by atoms with Crippen LogP contribution in [0.15, 0.2) is 65.8 Å². The van der Waals surface area contributed by atoms with Gasteiger partial charge in [-0.15, -0.1) is 0 Å². The van der Waals surface area contributed by atoms with Gasteiger partial charge in [0.05, 0.1) is 19.2 Å². The first-order chi connectivity index (χ1) is 13.4. The molecule has 0 atom stereocenters. The zero-order chi connectivity index (χ0) is 20.1. The van der Waals surface area contributed by atoms with Crippen LogP contribution in [0.2, 0.25) is 5.02 Å². The molecule has 146 valence electrons. The van der Waals surface area contributed by atoms with Crippen molar-refractivity contribution >= 4 is 27.3 Å². The third-order valence-electron chi connectivity index (χ3n) is 4.09. The van der Waals surface area contributed by atoms with Crippen LogP contribution in [0, 0.1) is 0 Å². The SMILES string of the molecule is COc1cc(S(=O)(=O)Nc2ccc(Cc3ccncc3)cc2)c(OC)cc1Cl. The first-order valence-corrected chi connectivity index (χ1v) is 10.2. The number of sulfonamides is 1. The van der Waals surface area contributed by atoms with Crippen molar-refractivity contribution in [2.75, 3.05) is 18.9 Å². The summed E-state index contributed by atoms with van der Waals surface area (Å²) >= 11 is 6.05. The summed E-state index contributed by atoms with van der Waals surface area (Å²) in [5, 5.41) is 0.263. The lowest BCUT2D eigenvalue weighted by atomic mass is 10.1.